The first-order valence-electron chi connectivity index (χ1n) is 5.15. The number of nitrogens with zero attached hydrogens (tertiary/aromatic N) is 1. The summed E-state index contributed by atoms with van der Waals surface area (Å²) in [5, 5.41) is 0. The minimum atomic E-state index is -3.25. The fourth-order valence-corrected chi connectivity index (χ4v) is 2.29. The minimum absolute atomic E-state index is 0.319. The SMILES string of the molecule is CCOP(=O)(C#Cc1cccn1C)OCC. The summed E-state index contributed by atoms with van der Waals surface area (Å²) in [5.41, 5.74) is 3.36. The van der Waals surface area contributed by atoms with Gasteiger partial charge in [-0.3, -0.25) is 9.05 Å². The summed E-state index contributed by atoms with van der Waals surface area (Å²) in [6.07, 6.45) is 1.87. The lowest BCUT2D eigenvalue weighted by atomic mass is 10.4. The van der Waals surface area contributed by atoms with Crippen LogP contribution in [-0.2, 0) is 20.7 Å². The maximum absolute atomic E-state index is 12.0. The molecule has 0 bridgehead atoms. The molecule has 0 amide bonds. The van der Waals surface area contributed by atoms with E-state index in [2.05, 4.69) is 11.6 Å². The van der Waals surface area contributed by atoms with Gasteiger partial charge in [0, 0.05) is 18.9 Å². The van der Waals surface area contributed by atoms with Crippen LogP contribution in [0.2, 0.25) is 0 Å². The van der Waals surface area contributed by atoms with Gasteiger partial charge in [-0.05, 0) is 31.9 Å². The highest BCUT2D eigenvalue weighted by molar-refractivity contribution is 7.59. The van der Waals surface area contributed by atoms with Crippen molar-refractivity contribution in [2.75, 3.05) is 13.2 Å². The van der Waals surface area contributed by atoms with E-state index in [1.54, 1.807) is 13.8 Å². The van der Waals surface area contributed by atoms with Crippen molar-refractivity contribution in [1.29, 1.82) is 0 Å². The maximum Gasteiger partial charge on any atom is 0.405 e. The largest absolute Gasteiger partial charge is 0.405 e. The van der Waals surface area contributed by atoms with Gasteiger partial charge in [0.05, 0.1) is 18.9 Å². The standard InChI is InChI=1S/C11H16NO3P/c1-4-14-16(13,15-5-2)10-8-11-7-6-9-12(11)3/h6-7,9H,4-5H2,1-3H3. The molecule has 0 spiro atoms. The molecule has 1 aromatic heterocycles. The molecule has 1 heterocycles. The minimum Gasteiger partial charge on any atom is -0.344 e. The normalized spacial score (nSPS) is 10.9. The summed E-state index contributed by atoms with van der Waals surface area (Å²) in [6.45, 7) is 4.16. The number of hydrogen-bond donors (Lipinski definition) is 0. The summed E-state index contributed by atoms with van der Waals surface area (Å²) in [5.74, 6) is 2.80. The molecule has 0 radical (unpaired) electrons. The van der Waals surface area contributed by atoms with E-state index in [-0.39, 0.29) is 0 Å². The Hall–Kier alpha value is -1.01. The van der Waals surface area contributed by atoms with Gasteiger partial charge in [-0.1, -0.05) is 0 Å². The highest BCUT2D eigenvalue weighted by Crippen LogP contribution is 2.46. The van der Waals surface area contributed by atoms with E-state index in [1.807, 2.05) is 29.9 Å². The average molecular weight is 241 g/mol. The Bertz CT molecular complexity index is 432. The first-order chi connectivity index (χ1) is 7.61. The topological polar surface area (TPSA) is 40.5 Å². The second-order valence-corrected chi connectivity index (χ2v) is 4.81. The van der Waals surface area contributed by atoms with Crippen molar-refractivity contribution in [3.63, 3.8) is 0 Å². The Morgan fingerprint density at radius 3 is 2.44 bits per heavy atom. The molecule has 88 valence electrons. The second-order valence-electron chi connectivity index (χ2n) is 3.07. The molecule has 5 heteroatoms. The van der Waals surface area contributed by atoms with Crippen molar-refractivity contribution in [3.8, 4) is 11.6 Å². The molecule has 0 saturated heterocycles. The summed E-state index contributed by atoms with van der Waals surface area (Å²) >= 11 is 0. The summed E-state index contributed by atoms with van der Waals surface area (Å²) in [4.78, 5) is 0. The van der Waals surface area contributed by atoms with Gasteiger partial charge in [0.15, 0.2) is 0 Å². The van der Waals surface area contributed by atoms with E-state index in [0.29, 0.717) is 13.2 Å². The molecule has 0 aliphatic rings. The lowest BCUT2D eigenvalue weighted by Crippen LogP contribution is -1.94. The third-order valence-corrected chi connectivity index (χ3v) is 3.44. The van der Waals surface area contributed by atoms with Crippen LogP contribution in [-0.4, -0.2) is 17.8 Å². The second kappa shape index (κ2) is 5.91. The summed E-state index contributed by atoms with van der Waals surface area (Å²) < 4.78 is 24.0. The molecule has 1 aromatic rings. The van der Waals surface area contributed by atoms with E-state index >= 15 is 0 Å². The van der Waals surface area contributed by atoms with Crippen molar-refractivity contribution in [1.82, 2.24) is 4.57 Å². The summed E-state index contributed by atoms with van der Waals surface area (Å²) in [7, 11) is -1.38. The van der Waals surface area contributed by atoms with Crippen molar-refractivity contribution >= 4 is 7.60 Å². The lowest BCUT2D eigenvalue weighted by molar-refractivity contribution is 0.230. The maximum atomic E-state index is 12.0. The highest BCUT2D eigenvalue weighted by Gasteiger charge is 2.19. The Morgan fingerprint density at radius 1 is 1.38 bits per heavy atom. The molecule has 0 atom stereocenters. The van der Waals surface area contributed by atoms with Crippen molar-refractivity contribution < 1.29 is 13.6 Å². The highest BCUT2D eigenvalue weighted by atomic mass is 31.2. The molecular formula is C11H16NO3P. The van der Waals surface area contributed by atoms with Crippen LogP contribution in [0.1, 0.15) is 19.5 Å². The van der Waals surface area contributed by atoms with Crippen LogP contribution >= 0.6 is 7.60 Å². The van der Waals surface area contributed by atoms with Crippen LogP contribution in [0.4, 0.5) is 0 Å². The Balaban J connectivity index is 2.88. The van der Waals surface area contributed by atoms with Gasteiger partial charge in [0.1, 0.15) is 0 Å². The van der Waals surface area contributed by atoms with Crippen molar-refractivity contribution in [2.24, 2.45) is 7.05 Å². The third kappa shape index (κ3) is 3.53. The van der Waals surface area contributed by atoms with Crippen LogP contribution in [0, 0.1) is 11.6 Å². The van der Waals surface area contributed by atoms with Gasteiger partial charge >= 0.3 is 7.60 Å². The van der Waals surface area contributed by atoms with E-state index in [0.717, 1.165) is 5.69 Å². The van der Waals surface area contributed by atoms with E-state index in [9.17, 15) is 4.57 Å². The van der Waals surface area contributed by atoms with Gasteiger partial charge in [-0.25, -0.2) is 4.57 Å². The van der Waals surface area contributed by atoms with E-state index in [4.69, 9.17) is 9.05 Å². The van der Waals surface area contributed by atoms with E-state index in [1.165, 1.54) is 0 Å². The third-order valence-electron chi connectivity index (χ3n) is 1.86. The van der Waals surface area contributed by atoms with Gasteiger partial charge in [0.25, 0.3) is 0 Å². The Kier molecular flexibility index (Phi) is 4.82. The van der Waals surface area contributed by atoms with Crippen molar-refractivity contribution in [3.05, 3.63) is 24.0 Å². The summed E-state index contributed by atoms with van der Waals surface area (Å²) in [6, 6.07) is 3.71. The van der Waals surface area contributed by atoms with Gasteiger partial charge in [-0.2, -0.15) is 0 Å². The first-order valence-corrected chi connectivity index (χ1v) is 6.69. The van der Waals surface area contributed by atoms with Gasteiger partial charge < -0.3 is 4.57 Å². The van der Waals surface area contributed by atoms with Crippen LogP contribution in [0.5, 0.6) is 0 Å². The lowest BCUT2D eigenvalue weighted by Gasteiger charge is -2.09. The van der Waals surface area contributed by atoms with Crippen LogP contribution in [0.3, 0.4) is 0 Å². The van der Waals surface area contributed by atoms with Gasteiger partial charge in [0.2, 0.25) is 0 Å². The van der Waals surface area contributed by atoms with E-state index < -0.39 is 7.60 Å². The zero-order chi connectivity index (χ0) is 12.0. The molecule has 0 aliphatic heterocycles. The fraction of sp³-hybridized carbons (Fsp3) is 0.455. The molecule has 0 fully saturated rings. The molecule has 0 aromatic carbocycles. The smallest absolute Gasteiger partial charge is 0.344 e. The number of rotatable bonds is 4. The molecule has 0 saturated carbocycles. The van der Waals surface area contributed by atoms with Crippen molar-refractivity contribution in [2.45, 2.75) is 13.8 Å². The Labute approximate surface area is 96.1 Å². The number of hydrogen-bond acceptors (Lipinski definition) is 3. The van der Waals surface area contributed by atoms with Crippen LogP contribution < -0.4 is 0 Å². The average Bonchev–Trinajstić information content (AvgIpc) is 2.62. The predicted octanol–water partition coefficient (Wildman–Crippen LogP) is 2.60. The van der Waals surface area contributed by atoms with Gasteiger partial charge in [-0.15, -0.1) is 0 Å². The molecule has 1 rings (SSSR count). The molecule has 16 heavy (non-hydrogen) atoms. The molecular weight excluding hydrogens is 225 g/mol. The number of aromatic nitrogens is 1. The molecule has 0 aliphatic carbocycles. The number of aryl methyl sites for hydroxylation is 1. The fourth-order valence-electron chi connectivity index (χ4n) is 1.16. The van der Waals surface area contributed by atoms with Crippen LogP contribution in [0.15, 0.2) is 18.3 Å². The molecule has 0 unspecified atom stereocenters. The predicted molar refractivity (Wildman–Crippen MR) is 63.1 cm³/mol. The Morgan fingerprint density at radius 2 is 2.00 bits per heavy atom. The molecule has 4 nitrogen and oxygen atoms in total. The zero-order valence-corrected chi connectivity index (χ0v) is 10.7. The quantitative estimate of drug-likeness (QED) is 0.601. The first kappa shape index (κ1) is 13.1. The zero-order valence-electron chi connectivity index (χ0n) is 9.77. The van der Waals surface area contributed by atoms with Crippen LogP contribution in [0.25, 0.3) is 0 Å². The monoisotopic (exact) mass is 241 g/mol. The molecule has 0 N–H and O–H groups in total.